The fraction of sp³-hybridized carbons (Fsp3) is 1.00. The third-order valence-electron chi connectivity index (χ3n) is 5.04. The maximum absolute atomic E-state index is 11.6. The number of nitrogens with zero attached hydrogens (tertiary/aromatic N) is 1. The summed E-state index contributed by atoms with van der Waals surface area (Å²) in [6.07, 6.45) is 5.73. The van der Waals surface area contributed by atoms with Gasteiger partial charge in [-0.2, -0.15) is 0 Å². The highest BCUT2D eigenvalue weighted by Crippen LogP contribution is 2.39. The molecule has 1 heterocycles. The van der Waals surface area contributed by atoms with Crippen molar-refractivity contribution in [1.29, 1.82) is 0 Å². The molecule has 2 N–H and O–H groups in total. The van der Waals surface area contributed by atoms with Gasteiger partial charge in [-0.05, 0) is 44.2 Å². The largest absolute Gasteiger partial charge is 0.330 e. The summed E-state index contributed by atoms with van der Waals surface area (Å²) in [5.74, 6) is 1.44. The van der Waals surface area contributed by atoms with E-state index >= 15 is 0 Å². The molecule has 19 heavy (non-hydrogen) atoms. The minimum atomic E-state index is -2.79. The van der Waals surface area contributed by atoms with E-state index < -0.39 is 9.84 Å². The van der Waals surface area contributed by atoms with Crippen LogP contribution in [0, 0.1) is 11.3 Å². The first kappa shape index (κ1) is 15.3. The summed E-state index contributed by atoms with van der Waals surface area (Å²) >= 11 is 0. The van der Waals surface area contributed by atoms with Gasteiger partial charge in [-0.3, -0.25) is 0 Å². The molecule has 0 bridgehead atoms. The van der Waals surface area contributed by atoms with Crippen molar-refractivity contribution in [3.63, 3.8) is 0 Å². The number of hydrogen-bond donors (Lipinski definition) is 1. The van der Waals surface area contributed by atoms with Crippen LogP contribution >= 0.6 is 0 Å². The van der Waals surface area contributed by atoms with E-state index in [1.54, 1.807) is 0 Å². The van der Waals surface area contributed by atoms with Crippen molar-refractivity contribution in [1.82, 2.24) is 4.90 Å². The second-order valence-corrected chi connectivity index (χ2v) is 9.11. The van der Waals surface area contributed by atoms with Crippen molar-refractivity contribution in [3.8, 4) is 0 Å². The van der Waals surface area contributed by atoms with Gasteiger partial charge in [0, 0.05) is 12.6 Å². The van der Waals surface area contributed by atoms with Crippen LogP contribution in [0.25, 0.3) is 0 Å². The van der Waals surface area contributed by atoms with E-state index in [-0.39, 0.29) is 11.5 Å². The van der Waals surface area contributed by atoms with Gasteiger partial charge < -0.3 is 10.6 Å². The standard InChI is InChI=1S/C14H28N2O2S/c1-12-4-3-6-14(8-12,10-15)11-16(2)13-5-7-19(17,18)9-13/h12-13H,3-11,15H2,1-2H3. The van der Waals surface area contributed by atoms with Gasteiger partial charge in [-0.15, -0.1) is 0 Å². The third kappa shape index (κ3) is 3.70. The second-order valence-electron chi connectivity index (χ2n) is 6.88. The Bertz CT molecular complexity index is 410. The van der Waals surface area contributed by atoms with Crippen LogP contribution < -0.4 is 5.73 Å². The van der Waals surface area contributed by atoms with Crippen LogP contribution in [0.15, 0.2) is 0 Å². The Morgan fingerprint density at radius 3 is 2.63 bits per heavy atom. The fourth-order valence-corrected chi connectivity index (χ4v) is 5.75. The summed E-state index contributed by atoms with van der Waals surface area (Å²) in [5, 5.41) is 0. The molecule has 3 unspecified atom stereocenters. The van der Waals surface area contributed by atoms with E-state index in [1.807, 2.05) is 0 Å². The molecule has 5 heteroatoms. The van der Waals surface area contributed by atoms with Crippen LogP contribution in [0.5, 0.6) is 0 Å². The maximum atomic E-state index is 11.6. The zero-order valence-corrected chi connectivity index (χ0v) is 13.1. The number of rotatable bonds is 4. The van der Waals surface area contributed by atoms with Crippen molar-refractivity contribution >= 4 is 9.84 Å². The van der Waals surface area contributed by atoms with Crippen LogP contribution in [0.4, 0.5) is 0 Å². The van der Waals surface area contributed by atoms with Gasteiger partial charge in [0.1, 0.15) is 0 Å². The van der Waals surface area contributed by atoms with Crippen LogP contribution in [0.3, 0.4) is 0 Å². The summed E-state index contributed by atoms with van der Waals surface area (Å²) in [5.41, 5.74) is 6.26. The summed E-state index contributed by atoms with van der Waals surface area (Å²) in [6, 6.07) is 0.200. The number of sulfone groups is 1. The minimum absolute atomic E-state index is 0.200. The lowest BCUT2D eigenvalue weighted by Gasteiger charge is -2.43. The molecule has 0 spiro atoms. The molecule has 4 nitrogen and oxygen atoms in total. The smallest absolute Gasteiger partial charge is 0.151 e. The molecule has 1 saturated heterocycles. The van der Waals surface area contributed by atoms with Gasteiger partial charge in [0.15, 0.2) is 9.84 Å². The molecule has 1 aliphatic heterocycles. The molecule has 0 radical (unpaired) electrons. The van der Waals surface area contributed by atoms with E-state index in [2.05, 4.69) is 18.9 Å². The molecule has 0 aromatic heterocycles. The molecule has 1 aliphatic carbocycles. The monoisotopic (exact) mass is 288 g/mol. The lowest BCUT2D eigenvalue weighted by Crippen LogP contribution is -2.47. The van der Waals surface area contributed by atoms with Crippen molar-refractivity contribution in [2.24, 2.45) is 17.1 Å². The lowest BCUT2D eigenvalue weighted by atomic mass is 9.69. The molecule has 112 valence electrons. The van der Waals surface area contributed by atoms with Crippen molar-refractivity contribution < 1.29 is 8.42 Å². The van der Waals surface area contributed by atoms with Crippen LogP contribution in [-0.2, 0) is 9.84 Å². The quantitative estimate of drug-likeness (QED) is 0.846. The zero-order valence-electron chi connectivity index (χ0n) is 12.3. The number of hydrogen-bond acceptors (Lipinski definition) is 4. The Morgan fingerprint density at radius 1 is 1.37 bits per heavy atom. The summed E-state index contributed by atoms with van der Waals surface area (Å²) in [7, 11) is -0.720. The van der Waals surface area contributed by atoms with Crippen LogP contribution in [0.2, 0.25) is 0 Å². The third-order valence-corrected chi connectivity index (χ3v) is 6.79. The highest BCUT2D eigenvalue weighted by molar-refractivity contribution is 7.91. The van der Waals surface area contributed by atoms with Gasteiger partial charge in [0.2, 0.25) is 0 Å². The average Bonchev–Trinajstić information content (AvgIpc) is 2.70. The Labute approximate surface area is 117 Å². The lowest BCUT2D eigenvalue weighted by molar-refractivity contribution is 0.0853. The van der Waals surface area contributed by atoms with Gasteiger partial charge in [-0.25, -0.2) is 8.42 Å². The van der Waals surface area contributed by atoms with Gasteiger partial charge in [0.05, 0.1) is 11.5 Å². The zero-order chi connectivity index (χ0) is 14.1. The van der Waals surface area contributed by atoms with Crippen molar-refractivity contribution in [2.75, 3.05) is 31.6 Å². The van der Waals surface area contributed by atoms with Gasteiger partial charge in [-0.1, -0.05) is 19.8 Å². The summed E-state index contributed by atoms with van der Waals surface area (Å²) < 4.78 is 23.2. The first-order valence-electron chi connectivity index (χ1n) is 7.47. The minimum Gasteiger partial charge on any atom is -0.330 e. The van der Waals surface area contributed by atoms with E-state index in [9.17, 15) is 8.42 Å². The molecule has 0 amide bonds. The number of nitrogens with two attached hydrogens (primary N) is 1. The van der Waals surface area contributed by atoms with E-state index in [0.717, 1.165) is 25.4 Å². The molecule has 2 fully saturated rings. The first-order valence-corrected chi connectivity index (χ1v) is 9.29. The topological polar surface area (TPSA) is 63.4 Å². The predicted octanol–water partition coefficient (Wildman–Crippen LogP) is 1.26. The SMILES string of the molecule is CC1CCCC(CN)(CN(C)C2CCS(=O)(=O)C2)C1. The highest BCUT2D eigenvalue weighted by atomic mass is 32.2. The molecule has 2 aliphatic rings. The Kier molecular flexibility index (Phi) is 4.58. The van der Waals surface area contributed by atoms with Crippen LogP contribution in [-0.4, -0.2) is 51.0 Å². The average molecular weight is 288 g/mol. The summed E-state index contributed by atoms with van der Waals surface area (Å²) in [6.45, 7) is 3.98. The van der Waals surface area contributed by atoms with Gasteiger partial charge >= 0.3 is 0 Å². The van der Waals surface area contributed by atoms with E-state index in [0.29, 0.717) is 11.5 Å². The Balaban J connectivity index is 1.98. The molecule has 2 rings (SSSR count). The van der Waals surface area contributed by atoms with Gasteiger partial charge in [0.25, 0.3) is 0 Å². The normalized spacial score (nSPS) is 38.7. The second kappa shape index (κ2) is 5.70. The fourth-order valence-electron chi connectivity index (χ4n) is 3.94. The molecule has 0 aromatic carbocycles. The molecule has 3 atom stereocenters. The maximum Gasteiger partial charge on any atom is 0.151 e. The van der Waals surface area contributed by atoms with E-state index in [1.165, 1.54) is 25.7 Å². The van der Waals surface area contributed by atoms with E-state index in [4.69, 9.17) is 5.73 Å². The summed E-state index contributed by atoms with van der Waals surface area (Å²) in [4.78, 5) is 2.26. The van der Waals surface area contributed by atoms with Crippen molar-refractivity contribution in [2.45, 2.75) is 45.1 Å². The first-order chi connectivity index (χ1) is 8.86. The van der Waals surface area contributed by atoms with Crippen LogP contribution in [0.1, 0.15) is 39.0 Å². The molecule has 1 saturated carbocycles. The molecular formula is C14H28N2O2S. The predicted molar refractivity (Wildman–Crippen MR) is 78.8 cm³/mol. The highest BCUT2D eigenvalue weighted by Gasteiger charge is 2.38. The molecular weight excluding hydrogens is 260 g/mol. The molecule has 0 aromatic rings. The van der Waals surface area contributed by atoms with Crippen molar-refractivity contribution in [3.05, 3.63) is 0 Å². The Hall–Kier alpha value is -0.130. The Morgan fingerprint density at radius 2 is 2.11 bits per heavy atom.